The minimum atomic E-state index is -0.371. The minimum Gasteiger partial charge on any atom is -0.465 e. The van der Waals surface area contributed by atoms with Gasteiger partial charge in [-0.2, -0.15) is 0 Å². The van der Waals surface area contributed by atoms with E-state index in [1.807, 2.05) is 14.7 Å². The lowest BCUT2D eigenvalue weighted by Gasteiger charge is -2.35. The van der Waals surface area contributed by atoms with Gasteiger partial charge in [-0.05, 0) is 26.2 Å². The molecule has 0 bridgehead atoms. The minimum absolute atomic E-state index is 0.0155. The number of carbonyl (C=O) groups is 1. The number of aromatic nitrogens is 2. The predicted octanol–water partition coefficient (Wildman–Crippen LogP) is 1.06. The van der Waals surface area contributed by atoms with E-state index in [1.54, 1.807) is 6.92 Å². The highest BCUT2D eigenvalue weighted by atomic mass is 16.6. The number of nitro groups is 1. The summed E-state index contributed by atoms with van der Waals surface area (Å²) in [7, 11) is 0. The summed E-state index contributed by atoms with van der Waals surface area (Å²) >= 11 is 0. The SMILES string of the molecule is CCOC(=O)CN1CCN(c2ncnc(N3CCCCC3)c2[N+](=O)[O-])CC1. The summed E-state index contributed by atoms with van der Waals surface area (Å²) in [6.45, 7) is 6.34. The number of ether oxygens (including phenoxy) is 1. The molecule has 27 heavy (non-hydrogen) atoms. The Labute approximate surface area is 158 Å². The fourth-order valence-electron chi connectivity index (χ4n) is 3.60. The molecular formula is C17H26N6O4. The third-order valence-corrected chi connectivity index (χ3v) is 4.95. The Hall–Kier alpha value is -2.49. The third kappa shape index (κ3) is 4.62. The summed E-state index contributed by atoms with van der Waals surface area (Å²) in [4.78, 5) is 37.4. The summed E-state index contributed by atoms with van der Waals surface area (Å²) in [5, 5.41) is 11.8. The van der Waals surface area contributed by atoms with E-state index in [9.17, 15) is 14.9 Å². The van der Waals surface area contributed by atoms with Gasteiger partial charge in [-0.25, -0.2) is 9.97 Å². The van der Waals surface area contributed by atoms with Crippen LogP contribution in [0.15, 0.2) is 6.33 Å². The van der Waals surface area contributed by atoms with Crippen molar-refractivity contribution in [2.45, 2.75) is 26.2 Å². The van der Waals surface area contributed by atoms with Gasteiger partial charge >= 0.3 is 11.7 Å². The molecule has 0 N–H and O–H groups in total. The molecule has 0 atom stereocenters. The zero-order valence-corrected chi connectivity index (χ0v) is 15.7. The molecule has 0 radical (unpaired) electrons. The number of carbonyl (C=O) groups excluding carboxylic acids is 1. The zero-order chi connectivity index (χ0) is 19.2. The highest BCUT2D eigenvalue weighted by Gasteiger charge is 2.32. The molecular weight excluding hydrogens is 352 g/mol. The molecule has 2 fully saturated rings. The van der Waals surface area contributed by atoms with Gasteiger partial charge in [0, 0.05) is 39.3 Å². The van der Waals surface area contributed by atoms with Crippen molar-refractivity contribution in [3.63, 3.8) is 0 Å². The predicted molar refractivity (Wildman–Crippen MR) is 100 cm³/mol. The van der Waals surface area contributed by atoms with Crippen LogP contribution in [-0.4, -0.2) is 78.2 Å². The van der Waals surface area contributed by atoms with Crippen molar-refractivity contribution in [1.82, 2.24) is 14.9 Å². The number of anilines is 2. The van der Waals surface area contributed by atoms with Crippen LogP contribution in [0.2, 0.25) is 0 Å². The van der Waals surface area contributed by atoms with Crippen LogP contribution in [0.3, 0.4) is 0 Å². The van der Waals surface area contributed by atoms with Gasteiger partial charge < -0.3 is 14.5 Å². The number of hydrogen-bond acceptors (Lipinski definition) is 9. The Morgan fingerprint density at radius 1 is 1.07 bits per heavy atom. The van der Waals surface area contributed by atoms with Crippen molar-refractivity contribution in [2.24, 2.45) is 0 Å². The molecule has 3 heterocycles. The fraction of sp³-hybridized carbons (Fsp3) is 0.706. The van der Waals surface area contributed by atoms with Crippen LogP contribution in [-0.2, 0) is 9.53 Å². The van der Waals surface area contributed by atoms with Crippen molar-refractivity contribution in [1.29, 1.82) is 0 Å². The number of piperidine rings is 1. The smallest absolute Gasteiger partial charge is 0.353 e. The molecule has 0 aliphatic carbocycles. The first-order valence-corrected chi connectivity index (χ1v) is 9.47. The van der Waals surface area contributed by atoms with Crippen LogP contribution in [0.4, 0.5) is 17.3 Å². The second-order valence-corrected chi connectivity index (χ2v) is 6.74. The Balaban J connectivity index is 1.73. The van der Waals surface area contributed by atoms with E-state index in [-0.39, 0.29) is 23.1 Å². The van der Waals surface area contributed by atoms with E-state index in [1.165, 1.54) is 6.33 Å². The van der Waals surface area contributed by atoms with E-state index in [0.717, 1.165) is 32.4 Å². The highest BCUT2D eigenvalue weighted by molar-refractivity contribution is 5.72. The summed E-state index contributed by atoms with van der Waals surface area (Å²) in [6, 6.07) is 0. The summed E-state index contributed by atoms with van der Waals surface area (Å²) in [5.41, 5.74) is -0.0155. The highest BCUT2D eigenvalue weighted by Crippen LogP contribution is 2.35. The Morgan fingerprint density at radius 3 is 2.22 bits per heavy atom. The van der Waals surface area contributed by atoms with Crippen LogP contribution in [0.25, 0.3) is 0 Å². The summed E-state index contributed by atoms with van der Waals surface area (Å²) < 4.78 is 4.98. The van der Waals surface area contributed by atoms with Gasteiger partial charge in [0.05, 0.1) is 18.1 Å². The van der Waals surface area contributed by atoms with Crippen molar-refractivity contribution in [2.75, 3.05) is 62.2 Å². The van der Waals surface area contributed by atoms with E-state index in [2.05, 4.69) is 9.97 Å². The monoisotopic (exact) mass is 378 g/mol. The van der Waals surface area contributed by atoms with Gasteiger partial charge in [0.2, 0.25) is 11.6 Å². The zero-order valence-electron chi connectivity index (χ0n) is 15.7. The first-order chi connectivity index (χ1) is 13.1. The lowest BCUT2D eigenvalue weighted by molar-refractivity contribution is -0.383. The number of piperazine rings is 1. The number of rotatable bonds is 6. The number of nitrogens with zero attached hydrogens (tertiary/aromatic N) is 6. The summed E-state index contributed by atoms with van der Waals surface area (Å²) in [6.07, 6.45) is 4.59. The second kappa shape index (κ2) is 8.94. The van der Waals surface area contributed by atoms with Crippen LogP contribution < -0.4 is 9.80 Å². The maximum atomic E-state index is 11.8. The second-order valence-electron chi connectivity index (χ2n) is 6.74. The molecule has 0 spiro atoms. The number of hydrogen-bond donors (Lipinski definition) is 0. The van der Waals surface area contributed by atoms with Crippen molar-refractivity contribution in [3.8, 4) is 0 Å². The molecule has 0 aromatic carbocycles. The fourth-order valence-corrected chi connectivity index (χ4v) is 3.60. The maximum Gasteiger partial charge on any atom is 0.353 e. The van der Waals surface area contributed by atoms with Gasteiger partial charge in [-0.15, -0.1) is 0 Å². The van der Waals surface area contributed by atoms with Crippen molar-refractivity contribution < 1.29 is 14.5 Å². The van der Waals surface area contributed by atoms with Gasteiger partial charge in [0.15, 0.2) is 0 Å². The standard InChI is InChI=1S/C17H26N6O4/c1-2-27-14(24)12-20-8-10-22(11-9-20)17-15(23(25)26)16(18-13-19-17)21-6-4-3-5-7-21/h13H,2-12H2,1H3. The van der Waals surface area contributed by atoms with Crippen LogP contribution in [0, 0.1) is 10.1 Å². The lowest BCUT2D eigenvalue weighted by atomic mass is 10.1. The first-order valence-electron chi connectivity index (χ1n) is 9.47. The van der Waals surface area contributed by atoms with Crippen LogP contribution in [0.5, 0.6) is 0 Å². The normalized spacial score (nSPS) is 18.4. The van der Waals surface area contributed by atoms with E-state index in [4.69, 9.17) is 4.74 Å². The maximum absolute atomic E-state index is 11.8. The molecule has 3 rings (SSSR count). The Morgan fingerprint density at radius 2 is 1.67 bits per heavy atom. The molecule has 0 saturated carbocycles. The average Bonchev–Trinajstić information content (AvgIpc) is 2.69. The Kier molecular flexibility index (Phi) is 6.38. The van der Waals surface area contributed by atoms with Gasteiger partial charge in [-0.1, -0.05) is 0 Å². The van der Waals surface area contributed by atoms with Crippen LogP contribution in [0.1, 0.15) is 26.2 Å². The quantitative estimate of drug-likeness (QED) is 0.408. The van der Waals surface area contributed by atoms with E-state index in [0.29, 0.717) is 44.4 Å². The van der Waals surface area contributed by atoms with Crippen molar-refractivity contribution in [3.05, 3.63) is 16.4 Å². The van der Waals surface area contributed by atoms with Crippen molar-refractivity contribution >= 4 is 23.3 Å². The summed E-state index contributed by atoms with van der Waals surface area (Å²) in [5.74, 6) is 0.538. The molecule has 2 saturated heterocycles. The molecule has 1 aromatic rings. The molecule has 0 amide bonds. The van der Waals surface area contributed by atoms with Crippen LogP contribution >= 0.6 is 0 Å². The average molecular weight is 378 g/mol. The van der Waals surface area contributed by atoms with Gasteiger partial charge in [-0.3, -0.25) is 19.8 Å². The molecule has 2 aliphatic heterocycles. The first kappa shape index (κ1) is 19.3. The molecule has 0 unspecified atom stereocenters. The molecule has 1 aromatic heterocycles. The van der Waals surface area contributed by atoms with Gasteiger partial charge in [0.25, 0.3) is 0 Å². The molecule has 2 aliphatic rings. The molecule has 10 heteroatoms. The van der Waals surface area contributed by atoms with E-state index >= 15 is 0 Å². The molecule has 148 valence electrons. The largest absolute Gasteiger partial charge is 0.465 e. The Bertz CT molecular complexity index is 671. The lowest BCUT2D eigenvalue weighted by Crippen LogP contribution is -2.48. The van der Waals surface area contributed by atoms with E-state index < -0.39 is 0 Å². The number of esters is 1. The van der Waals surface area contributed by atoms with Gasteiger partial charge in [0.1, 0.15) is 6.33 Å². The topological polar surface area (TPSA) is 105 Å². The third-order valence-electron chi connectivity index (χ3n) is 4.95. The molecule has 10 nitrogen and oxygen atoms in total.